The van der Waals surface area contributed by atoms with Crippen molar-refractivity contribution in [2.75, 3.05) is 12.4 Å². The Bertz CT molecular complexity index is 758. The zero-order chi connectivity index (χ0) is 15.0. The third-order valence-corrected chi connectivity index (χ3v) is 3.16. The average Bonchev–Trinajstić information content (AvgIpc) is 2.74. The van der Waals surface area contributed by atoms with Gasteiger partial charge in [-0.3, -0.25) is 24.3 Å². The molecule has 0 saturated heterocycles. The van der Waals surface area contributed by atoms with Crippen molar-refractivity contribution < 1.29 is 14.4 Å². The van der Waals surface area contributed by atoms with E-state index in [2.05, 4.69) is 15.3 Å². The van der Waals surface area contributed by atoms with Gasteiger partial charge in [0.05, 0.1) is 23.0 Å². The van der Waals surface area contributed by atoms with Gasteiger partial charge in [0.2, 0.25) is 0 Å². The second kappa shape index (κ2) is 4.78. The second-order valence-electron chi connectivity index (χ2n) is 4.44. The molecule has 1 N–H and O–H groups in total. The average molecular weight is 282 g/mol. The molecule has 0 bridgehead atoms. The quantitative estimate of drug-likeness (QED) is 0.828. The van der Waals surface area contributed by atoms with Gasteiger partial charge in [0, 0.05) is 19.4 Å². The predicted octanol–water partition coefficient (Wildman–Crippen LogP) is 0.955. The van der Waals surface area contributed by atoms with E-state index in [1.165, 1.54) is 25.6 Å². The van der Waals surface area contributed by atoms with Crippen molar-refractivity contribution in [2.24, 2.45) is 0 Å². The number of nitrogens with one attached hydrogen (secondary N) is 1. The Balaban J connectivity index is 1.97. The van der Waals surface area contributed by atoms with Gasteiger partial charge in [-0.2, -0.15) is 0 Å². The maximum absolute atomic E-state index is 12.1. The summed E-state index contributed by atoms with van der Waals surface area (Å²) in [5.41, 5.74) is 0.882. The summed E-state index contributed by atoms with van der Waals surface area (Å²) in [6, 6.07) is 4.73. The first-order valence-electron chi connectivity index (χ1n) is 6.12. The summed E-state index contributed by atoms with van der Waals surface area (Å²) in [6.07, 6.45) is 4.17. The minimum Gasteiger partial charge on any atom is -0.320 e. The molecule has 3 rings (SSSR count). The predicted molar refractivity (Wildman–Crippen MR) is 72.9 cm³/mol. The number of anilines is 1. The van der Waals surface area contributed by atoms with Crippen LogP contribution in [-0.2, 0) is 0 Å². The summed E-state index contributed by atoms with van der Waals surface area (Å²) in [5, 5.41) is 2.59. The van der Waals surface area contributed by atoms with Crippen LogP contribution in [0.15, 0.2) is 36.8 Å². The van der Waals surface area contributed by atoms with Gasteiger partial charge in [-0.25, -0.2) is 4.98 Å². The maximum Gasteiger partial charge on any atom is 0.275 e. The van der Waals surface area contributed by atoms with Gasteiger partial charge in [-0.15, -0.1) is 0 Å². The summed E-state index contributed by atoms with van der Waals surface area (Å²) in [7, 11) is 1.40. The van der Waals surface area contributed by atoms with Gasteiger partial charge in [0.15, 0.2) is 0 Å². The number of carbonyl (C=O) groups is 3. The zero-order valence-electron chi connectivity index (χ0n) is 11.0. The maximum atomic E-state index is 12.1. The summed E-state index contributed by atoms with van der Waals surface area (Å²) in [4.78, 5) is 44.7. The number of aromatic nitrogens is 2. The Labute approximate surface area is 119 Å². The highest BCUT2D eigenvalue weighted by Crippen LogP contribution is 2.28. The lowest BCUT2D eigenvalue weighted by molar-refractivity contribution is 0.0693. The van der Waals surface area contributed by atoms with E-state index in [4.69, 9.17) is 0 Å². The number of hydrogen-bond acceptors (Lipinski definition) is 5. The Kier molecular flexibility index (Phi) is 2.94. The fourth-order valence-corrected chi connectivity index (χ4v) is 2.11. The molecule has 2 heterocycles. The smallest absolute Gasteiger partial charge is 0.275 e. The molecule has 2 aromatic rings. The SMILES string of the molecule is CN1C(=O)c2cccc(NC(=O)c3cnccn3)c2C1=O. The van der Waals surface area contributed by atoms with Crippen LogP contribution in [0.5, 0.6) is 0 Å². The van der Waals surface area contributed by atoms with Crippen LogP contribution in [-0.4, -0.2) is 39.6 Å². The highest BCUT2D eigenvalue weighted by atomic mass is 16.2. The number of carbonyl (C=O) groups excluding carboxylic acids is 3. The molecule has 0 aliphatic carbocycles. The molecule has 0 fully saturated rings. The minimum absolute atomic E-state index is 0.125. The van der Waals surface area contributed by atoms with Crippen molar-refractivity contribution in [3.8, 4) is 0 Å². The van der Waals surface area contributed by atoms with Crippen molar-refractivity contribution in [1.29, 1.82) is 0 Å². The standard InChI is InChI=1S/C14H10N4O3/c1-18-13(20)8-3-2-4-9(11(8)14(18)21)17-12(19)10-7-15-5-6-16-10/h2-7H,1H3,(H,17,19). The molecule has 0 atom stereocenters. The van der Waals surface area contributed by atoms with Crippen molar-refractivity contribution in [3.05, 3.63) is 53.6 Å². The van der Waals surface area contributed by atoms with E-state index in [0.29, 0.717) is 0 Å². The van der Waals surface area contributed by atoms with Gasteiger partial charge in [0.1, 0.15) is 5.69 Å². The third kappa shape index (κ3) is 2.04. The number of fused-ring (bicyclic) bond motifs is 1. The number of rotatable bonds is 2. The van der Waals surface area contributed by atoms with Gasteiger partial charge in [-0.05, 0) is 12.1 Å². The van der Waals surface area contributed by atoms with E-state index in [1.807, 2.05) is 0 Å². The molecule has 0 radical (unpaired) electrons. The first kappa shape index (κ1) is 12.9. The number of imide groups is 1. The lowest BCUT2D eigenvalue weighted by atomic mass is 10.1. The van der Waals surface area contributed by atoms with E-state index in [1.54, 1.807) is 18.2 Å². The molecule has 21 heavy (non-hydrogen) atoms. The fourth-order valence-electron chi connectivity index (χ4n) is 2.11. The molecule has 104 valence electrons. The van der Waals surface area contributed by atoms with Crippen LogP contribution in [0, 0.1) is 0 Å². The third-order valence-electron chi connectivity index (χ3n) is 3.16. The summed E-state index contributed by atoms with van der Waals surface area (Å²) in [5.74, 6) is -1.32. The molecule has 0 saturated carbocycles. The van der Waals surface area contributed by atoms with Crippen LogP contribution in [0.3, 0.4) is 0 Å². The topological polar surface area (TPSA) is 92.3 Å². The monoisotopic (exact) mass is 282 g/mol. The molecule has 7 heteroatoms. The zero-order valence-corrected chi connectivity index (χ0v) is 11.0. The van der Waals surface area contributed by atoms with Crippen molar-refractivity contribution in [2.45, 2.75) is 0 Å². The number of nitrogens with zero attached hydrogens (tertiary/aromatic N) is 3. The van der Waals surface area contributed by atoms with Gasteiger partial charge in [-0.1, -0.05) is 6.07 Å². The Morgan fingerprint density at radius 2 is 2.00 bits per heavy atom. The van der Waals surface area contributed by atoms with E-state index < -0.39 is 11.8 Å². The highest BCUT2D eigenvalue weighted by molar-refractivity contribution is 6.24. The highest BCUT2D eigenvalue weighted by Gasteiger charge is 2.35. The lowest BCUT2D eigenvalue weighted by Gasteiger charge is -2.08. The lowest BCUT2D eigenvalue weighted by Crippen LogP contribution is -2.24. The molecule has 7 nitrogen and oxygen atoms in total. The van der Waals surface area contributed by atoms with Crippen molar-refractivity contribution >= 4 is 23.4 Å². The van der Waals surface area contributed by atoms with Crippen LogP contribution in [0.4, 0.5) is 5.69 Å². The molecule has 1 aliphatic rings. The second-order valence-corrected chi connectivity index (χ2v) is 4.44. The molecule has 3 amide bonds. The molecular formula is C14H10N4O3. The van der Waals surface area contributed by atoms with Crippen molar-refractivity contribution in [3.63, 3.8) is 0 Å². The normalized spacial score (nSPS) is 13.3. The summed E-state index contributed by atoms with van der Waals surface area (Å²) >= 11 is 0. The largest absolute Gasteiger partial charge is 0.320 e. The summed E-state index contributed by atoms with van der Waals surface area (Å²) in [6.45, 7) is 0. The van der Waals surface area contributed by atoms with Crippen LogP contribution in [0.2, 0.25) is 0 Å². The summed E-state index contributed by atoms with van der Waals surface area (Å²) < 4.78 is 0. The van der Waals surface area contributed by atoms with Crippen LogP contribution < -0.4 is 5.32 Å². The van der Waals surface area contributed by atoms with Gasteiger partial charge in [0.25, 0.3) is 17.7 Å². The Morgan fingerprint density at radius 1 is 1.19 bits per heavy atom. The molecule has 1 aromatic heterocycles. The van der Waals surface area contributed by atoms with Crippen molar-refractivity contribution in [1.82, 2.24) is 14.9 Å². The van der Waals surface area contributed by atoms with E-state index in [-0.39, 0.29) is 28.4 Å². The number of hydrogen-bond donors (Lipinski definition) is 1. The minimum atomic E-state index is -0.494. The molecule has 0 unspecified atom stereocenters. The van der Waals surface area contributed by atoms with E-state index in [9.17, 15) is 14.4 Å². The van der Waals surface area contributed by atoms with E-state index >= 15 is 0 Å². The first-order valence-corrected chi connectivity index (χ1v) is 6.12. The van der Waals surface area contributed by atoms with Crippen LogP contribution >= 0.6 is 0 Å². The first-order chi connectivity index (χ1) is 10.1. The molecular weight excluding hydrogens is 272 g/mol. The van der Waals surface area contributed by atoms with Crippen LogP contribution in [0.25, 0.3) is 0 Å². The molecule has 1 aliphatic heterocycles. The molecule has 1 aromatic carbocycles. The van der Waals surface area contributed by atoms with E-state index in [0.717, 1.165) is 4.90 Å². The Hall–Kier alpha value is -3.09. The molecule has 0 spiro atoms. The van der Waals surface area contributed by atoms with Gasteiger partial charge < -0.3 is 5.32 Å². The van der Waals surface area contributed by atoms with Crippen LogP contribution in [0.1, 0.15) is 31.2 Å². The fraction of sp³-hybridized carbons (Fsp3) is 0.0714. The number of amides is 3. The number of benzene rings is 1. The Morgan fingerprint density at radius 3 is 2.71 bits per heavy atom. The van der Waals surface area contributed by atoms with Gasteiger partial charge >= 0.3 is 0 Å².